The summed E-state index contributed by atoms with van der Waals surface area (Å²) in [6, 6.07) is 7.98. The number of amides is 1. The van der Waals surface area contributed by atoms with E-state index in [2.05, 4.69) is 24.5 Å². The van der Waals surface area contributed by atoms with E-state index in [0.29, 0.717) is 12.3 Å². The van der Waals surface area contributed by atoms with Gasteiger partial charge in [-0.05, 0) is 17.5 Å². The molecule has 1 amide bonds. The number of carbonyl (C=O) groups is 1. The van der Waals surface area contributed by atoms with Crippen molar-refractivity contribution in [3.63, 3.8) is 0 Å². The van der Waals surface area contributed by atoms with E-state index in [1.807, 2.05) is 24.3 Å². The summed E-state index contributed by atoms with van der Waals surface area (Å²) in [6.45, 7) is 5.35. The highest BCUT2D eigenvalue weighted by Crippen LogP contribution is 2.16. The number of benzene rings is 1. The summed E-state index contributed by atoms with van der Waals surface area (Å²) in [6.07, 6.45) is 1.59. The predicted molar refractivity (Wildman–Crippen MR) is 72.2 cm³/mol. The number of anilines is 1. The molecule has 94 valence electrons. The molecule has 0 fully saturated rings. The summed E-state index contributed by atoms with van der Waals surface area (Å²) >= 11 is 0. The van der Waals surface area contributed by atoms with Gasteiger partial charge in [0, 0.05) is 19.3 Å². The summed E-state index contributed by atoms with van der Waals surface area (Å²) in [5.74, 6) is 0.686. The third-order valence-electron chi connectivity index (χ3n) is 2.99. The van der Waals surface area contributed by atoms with Crippen molar-refractivity contribution >= 4 is 11.6 Å². The lowest BCUT2D eigenvalue weighted by molar-refractivity contribution is -0.119. The van der Waals surface area contributed by atoms with Crippen molar-refractivity contribution in [3.05, 3.63) is 29.8 Å². The van der Waals surface area contributed by atoms with E-state index in [1.165, 1.54) is 0 Å². The van der Waals surface area contributed by atoms with Crippen LogP contribution in [0, 0.1) is 5.92 Å². The number of hydrogen-bond donors (Lipinski definition) is 2. The smallest absolute Gasteiger partial charge is 0.224 e. The van der Waals surface area contributed by atoms with Crippen molar-refractivity contribution < 1.29 is 4.79 Å². The van der Waals surface area contributed by atoms with Crippen LogP contribution in [0.5, 0.6) is 0 Å². The second-order valence-corrected chi connectivity index (χ2v) is 4.40. The molecule has 0 saturated carbocycles. The van der Waals surface area contributed by atoms with Crippen LogP contribution in [0.2, 0.25) is 0 Å². The average Bonchev–Trinajstić information content (AvgIpc) is 2.37. The Balaban J connectivity index is 2.67. The van der Waals surface area contributed by atoms with Gasteiger partial charge >= 0.3 is 0 Å². The summed E-state index contributed by atoms with van der Waals surface area (Å²) in [5, 5.41) is 6.06. The molecule has 1 rings (SSSR count). The lowest BCUT2D eigenvalue weighted by Crippen LogP contribution is -2.21. The highest BCUT2D eigenvalue weighted by Gasteiger charge is 2.06. The zero-order valence-electron chi connectivity index (χ0n) is 10.9. The fourth-order valence-corrected chi connectivity index (χ4v) is 1.54. The molecule has 2 N–H and O–H groups in total. The number of likely N-dealkylation sites (N-methyl/N-ethyl adjacent to an activating group) is 1. The topological polar surface area (TPSA) is 41.1 Å². The van der Waals surface area contributed by atoms with Crippen LogP contribution >= 0.6 is 0 Å². The molecule has 0 saturated heterocycles. The van der Waals surface area contributed by atoms with Crippen molar-refractivity contribution in [1.29, 1.82) is 0 Å². The molecule has 0 aliphatic carbocycles. The molecule has 17 heavy (non-hydrogen) atoms. The minimum atomic E-state index is 0.0442. The summed E-state index contributed by atoms with van der Waals surface area (Å²) < 4.78 is 0. The third-order valence-corrected chi connectivity index (χ3v) is 2.99. The number of nitrogens with one attached hydrogen (secondary N) is 2. The largest absolute Gasteiger partial charge is 0.385 e. The van der Waals surface area contributed by atoms with Gasteiger partial charge in [-0.25, -0.2) is 0 Å². The molecule has 0 radical (unpaired) electrons. The first-order valence-corrected chi connectivity index (χ1v) is 6.19. The van der Waals surface area contributed by atoms with E-state index in [4.69, 9.17) is 0 Å². The molecule has 3 heteroatoms. The Morgan fingerprint density at radius 3 is 2.71 bits per heavy atom. The molecule has 3 nitrogen and oxygen atoms in total. The average molecular weight is 234 g/mol. The molecule has 0 aliphatic heterocycles. The second kappa shape index (κ2) is 6.94. The maximum atomic E-state index is 11.4. The zero-order valence-corrected chi connectivity index (χ0v) is 10.9. The number of rotatable bonds is 6. The Bertz CT molecular complexity index is 363. The number of para-hydroxylation sites is 1. The molecule has 0 bridgehead atoms. The molecule has 1 unspecified atom stereocenters. The van der Waals surface area contributed by atoms with Crippen LogP contribution in [0.15, 0.2) is 24.3 Å². The molecular weight excluding hydrogens is 212 g/mol. The van der Waals surface area contributed by atoms with Gasteiger partial charge in [0.2, 0.25) is 5.91 Å². The van der Waals surface area contributed by atoms with Crippen LogP contribution in [-0.4, -0.2) is 19.5 Å². The molecule has 0 spiro atoms. The lowest BCUT2D eigenvalue weighted by atomic mass is 10.1. The van der Waals surface area contributed by atoms with E-state index >= 15 is 0 Å². The molecular formula is C14H22N2O. The maximum absolute atomic E-state index is 11.4. The lowest BCUT2D eigenvalue weighted by Gasteiger charge is -2.14. The van der Waals surface area contributed by atoms with Crippen LogP contribution in [0.4, 0.5) is 5.69 Å². The van der Waals surface area contributed by atoms with Gasteiger partial charge in [-0.15, -0.1) is 0 Å². The van der Waals surface area contributed by atoms with Gasteiger partial charge in [0.25, 0.3) is 0 Å². The van der Waals surface area contributed by atoms with E-state index in [0.717, 1.165) is 24.2 Å². The van der Waals surface area contributed by atoms with Crippen molar-refractivity contribution in [3.8, 4) is 0 Å². The Morgan fingerprint density at radius 1 is 1.35 bits per heavy atom. The van der Waals surface area contributed by atoms with Crippen LogP contribution < -0.4 is 10.6 Å². The van der Waals surface area contributed by atoms with Crippen molar-refractivity contribution in [2.45, 2.75) is 26.7 Å². The fraction of sp³-hybridized carbons (Fsp3) is 0.500. The quantitative estimate of drug-likeness (QED) is 0.793. The maximum Gasteiger partial charge on any atom is 0.224 e. The molecule has 0 aromatic heterocycles. The predicted octanol–water partition coefficient (Wildman–Crippen LogP) is 2.43. The van der Waals surface area contributed by atoms with Crippen molar-refractivity contribution in [1.82, 2.24) is 5.32 Å². The standard InChI is InChI=1S/C14H22N2O/c1-4-11(2)10-16-13-8-6-5-7-12(13)9-14(17)15-3/h5-8,11,16H,4,9-10H2,1-3H3,(H,15,17). The van der Waals surface area contributed by atoms with Gasteiger partial charge in [0.15, 0.2) is 0 Å². The van der Waals surface area contributed by atoms with Gasteiger partial charge in [-0.1, -0.05) is 38.5 Å². The molecule has 1 aromatic rings. The van der Waals surface area contributed by atoms with Crippen molar-refractivity contribution in [2.24, 2.45) is 5.92 Å². The van der Waals surface area contributed by atoms with Crippen molar-refractivity contribution in [2.75, 3.05) is 18.9 Å². The molecule has 0 aliphatic rings. The Kier molecular flexibility index (Phi) is 5.53. The first-order valence-electron chi connectivity index (χ1n) is 6.19. The van der Waals surface area contributed by atoms with E-state index < -0.39 is 0 Å². The second-order valence-electron chi connectivity index (χ2n) is 4.40. The summed E-state index contributed by atoms with van der Waals surface area (Å²) in [4.78, 5) is 11.4. The monoisotopic (exact) mass is 234 g/mol. The molecule has 1 atom stereocenters. The van der Waals surface area contributed by atoms with Crippen LogP contribution in [-0.2, 0) is 11.2 Å². The van der Waals surface area contributed by atoms with Gasteiger partial charge in [0.1, 0.15) is 0 Å². The van der Waals surface area contributed by atoms with Gasteiger partial charge in [-0.2, -0.15) is 0 Å². The van der Waals surface area contributed by atoms with Gasteiger partial charge in [0.05, 0.1) is 6.42 Å². The minimum Gasteiger partial charge on any atom is -0.385 e. The molecule has 1 aromatic carbocycles. The molecule has 0 heterocycles. The summed E-state index contributed by atoms with van der Waals surface area (Å²) in [7, 11) is 1.66. The first-order chi connectivity index (χ1) is 8.17. The Hall–Kier alpha value is -1.51. The van der Waals surface area contributed by atoms with Crippen LogP contribution in [0.3, 0.4) is 0 Å². The van der Waals surface area contributed by atoms with E-state index in [-0.39, 0.29) is 5.91 Å². The summed E-state index contributed by atoms with van der Waals surface area (Å²) in [5.41, 5.74) is 2.12. The SMILES string of the molecule is CCC(C)CNc1ccccc1CC(=O)NC. The Morgan fingerprint density at radius 2 is 2.06 bits per heavy atom. The van der Waals surface area contributed by atoms with E-state index in [9.17, 15) is 4.79 Å². The van der Waals surface area contributed by atoms with Gasteiger partial charge in [-0.3, -0.25) is 4.79 Å². The highest BCUT2D eigenvalue weighted by atomic mass is 16.1. The van der Waals surface area contributed by atoms with Gasteiger partial charge < -0.3 is 10.6 Å². The normalized spacial score (nSPS) is 11.9. The van der Waals surface area contributed by atoms with Crippen LogP contribution in [0.25, 0.3) is 0 Å². The first kappa shape index (κ1) is 13.6. The fourth-order valence-electron chi connectivity index (χ4n) is 1.54. The third kappa shape index (κ3) is 4.47. The minimum absolute atomic E-state index is 0.0442. The zero-order chi connectivity index (χ0) is 12.7. The highest BCUT2D eigenvalue weighted by molar-refractivity contribution is 5.80. The Labute approximate surface area is 104 Å². The van der Waals surface area contributed by atoms with E-state index in [1.54, 1.807) is 7.05 Å². The number of hydrogen-bond acceptors (Lipinski definition) is 2. The number of carbonyl (C=O) groups excluding carboxylic acids is 1. The van der Waals surface area contributed by atoms with Crippen LogP contribution in [0.1, 0.15) is 25.8 Å².